The Labute approximate surface area is 198 Å². The number of oxime groups is 1. The van der Waals surface area contributed by atoms with Crippen molar-refractivity contribution in [3.05, 3.63) is 28.2 Å². The number of nitrogens with two attached hydrogens (primary N) is 1. The number of carbonyl (C=O) groups is 3. The SMILES string of the molecule is Nc1nc(/C(=N/O)C(=O)NC2C(=O)N3C(C(=O)O)=C(CS(=O)(=O)Cc4nn[nH]n4)CS[C@H]23)cs1. The third-order valence-electron chi connectivity index (χ3n) is 4.75. The van der Waals surface area contributed by atoms with E-state index >= 15 is 0 Å². The number of aromatic amines is 1. The highest BCUT2D eigenvalue weighted by atomic mass is 32.2. The van der Waals surface area contributed by atoms with Gasteiger partial charge in [0.25, 0.3) is 11.8 Å². The van der Waals surface area contributed by atoms with Crippen LogP contribution >= 0.6 is 23.1 Å². The number of thioether (sulfide) groups is 1. The second-order valence-electron chi connectivity index (χ2n) is 7.00. The number of β-lactam (4-membered cyclic amide) rings is 1. The molecule has 1 fully saturated rings. The zero-order valence-electron chi connectivity index (χ0n) is 16.8. The number of carboxylic acids is 1. The fourth-order valence-electron chi connectivity index (χ4n) is 3.37. The maximum Gasteiger partial charge on any atom is 0.352 e. The van der Waals surface area contributed by atoms with Gasteiger partial charge in [-0.1, -0.05) is 10.4 Å². The van der Waals surface area contributed by atoms with Gasteiger partial charge in [0.15, 0.2) is 26.5 Å². The second-order valence-corrected chi connectivity index (χ2v) is 11.1. The van der Waals surface area contributed by atoms with E-state index < -0.39 is 62.0 Å². The number of carboxylic acid groups (broad SMARTS) is 1. The number of fused-ring (bicyclic) bond motifs is 1. The first kappa shape index (κ1) is 23.6. The lowest BCUT2D eigenvalue weighted by molar-refractivity contribution is -0.150. The van der Waals surface area contributed by atoms with Crippen molar-refractivity contribution in [2.45, 2.75) is 17.2 Å². The van der Waals surface area contributed by atoms with Crippen molar-refractivity contribution in [3.63, 3.8) is 0 Å². The molecule has 0 aliphatic carbocycles. The van der Waals surface area contributed by atoms with Crippen LogP contribution < -0.4 is 11.1 Å². The Kier molecular flexibility index (Phi) is 6.23. The van der Waals surface area contributed by atoms with Crippen LogP contribution in [0.2, 0.25) is 0 Å². The van der Waals surface area contributed by atoms with Crippen LogP contribution in [0, 0.1) is 0 Å². The van der Waals surface area contributed by atoms with Crippen molar-refractivity contribution < 1.29 is 33.1 Å². The van der Waals surface area contributed by atoms with Gasteiger partial charge in [0.1, 0.15) is 28.6 Å². The van der Waals surface area contributed by atoms with Gasteiger partial charge in [0, 0.05) is 11.1 Å². The second kappa shape index (κ2) is 8.99. The van der Waals surface area contributed by atoms with Gasteiger partial charge in [-0.2, -0.15) is 5.21 Å². The molecule has 6 N–H and O–H groups in total. The smallest absolute Gasteiger partial charge is 0.352 e. The van der Waals surface area contributed by atoms with Crippen molar-refractivity contribution in [3.8, 4) is 0 Å². The Morgan fingerprint density at radius 3 is 2.74 bits per heavy atom. The summed E-state index contributed by atoms with van der Waals surface area (Å²) in [5, 5.41) is 37.5. The number of hydrogen-bond donors (Lipinski definition) is 5. The van der Waals surface area contributed by atoms with E-state index in [2.05, 4.69) is 36.1 Å². The molecule has 2 aliphatic rings. The molecular formula is C15H15N9O7S3. The van der Waals surface area contributed by atoms with Crippen LogP contribution in [0.4, 0.5) is 5.13 Å². The molecule has 0 spiro atoms. The molecule has 180 valence electrons. The number of nitrogens with one attached hydrogen (secondary N) is 2. The minimum Gasteiger partial charge on any atom is -0.477 e. The molecule has 0 radical (unpaired) electrons. The molecule has 34 heavy (non-hydrogen) atoms. The molecule has 1 unspecified atom stereocenters. The number of sulfone groups is 1. The van der Waals surface area contributed by atoms with Crippen LogP contribution in [0.25, 0.3) is 0 Å². The lowest BCUT2D eigenvalue weighted by atomic mass is 10.0. The van der Waals surface area contributed by atoms with Gasteiger partial charge in [-0.05, 0) is 5.57 Å². The molecule has 0 aromatic carbocycles. The predicted molar refractivity (Wildman–Crippen MR) is 116 cm³/mol. The Morgan fingerprint density at radius 1 is 1.38 bits per heavy atom. The van der Waals surface area contributed by atoms with Gasteiger partial charge in [0.2, 0.25) is 0 Å². The fourth-order valence-corrected chi connectivity index (χ4v) is 6.78. The maximum absolute atomic E-state index is 12.7. The Bertz CT molecular complexity index is 1320. The van der Waals surface area contributed by atoms with E-state index in [1.807, 2.05) is 0 Å². The number of aromatic nitrogens is 5. The predicted octanol–water partition coefficient (Wildman–Crippen LogP) is -2.23. The summed E-state index contributed by atoms with van der Waals surface area (Å²) in [6.45, 7) is 0. The monoisotopic (exact) mass is 529 g/mol. The number of thiazole rings is 1. The summed E-state index contributed by atoms with van der Waals surface area (Å²) in [6, 6.07) is -1.13. The number of H-pyrrole nitrogens is 1. The normalized spacial score (nSPS) is 20.6. The number of tetrazole rings is 1. The first-order valence-corrected chi connectivity index (χ1v) is 12.9. The third-order valence-corrected chi connectivity index (χ3v) is 8.25. The lowest BCUT2D eigenvalue weighted by Crippen LogP contribution is -2.71. The van der Waals surface area contributed by atoms with E-state index in [-0.39, 0.29) is 28.0 Å². The molecule has 4 rings (SSSR count). The molecule has 2 atom stereocenters. The number of hydrogen-bond acceptors (Lipinski definition) is 14. The number of aliphatic carboxylic acids is 1. The summed E-state index contributed by atoms with van der Waals surface area (Å²) >= 11 is 2.10. The number of anilines is 1. The summed E-state index contributed by atoms with van der Waals surface area (Å²) in [6.07, 6.45) is 0. The third kappa shape index (κ3) is 4.43. The minimum absolute atomic E-state index is 0.00245. The van der Waals surface area contributed by atoms with Gasteiger partial charge in [0.05, 0.1) is 5.75 Å². The highest BCUT2D eigenvalue weighted by molar-refractivity contribution is 8.00. The van der Waals surface area contributed by atoms with Gasteiger partial charge < -0.3 is 21.4 Å². The zero-order chi connectivity index (χ0) is 24.6. The molecule has 2 amide bonds. The van der Waals surface area contributed by atoms with Crippen molar-refractivity contribution in [1.29, 1.82) is 0 Å². The number of carbonyl (C=O) groups excluding carboxylic acids is 2. The van der Waals surface area contributed by atoms with Crippen LogP contribution in [0.15, 0.2) is 21.8 Å². The lowest BCUT2D eigenvalue weighted by Gasteiger charge is -2.49. The van der Waals surface area contributed by atoms with Crippen molar-refractivity contribution >= 4 is 61.6 Å². The van der Waals surface area contributed by atoms with Crippen LogP contribution in [0.5, 0.6) is 0 Å². The van der Waals surface area contributed by atoms with E-state index in [0.717, 1.165) is 28.0 Å². The highest BCUT2D eigenvalue weighted by Gasteiger charge is 2.54. The summed E-state index contributed by atoms with van der Waals surface area (Å²) < 4.78 is 25.0. The Hall–Kier alpha value is -3.58. The van der Waals surface area contributed by atoms with E-state index in [4.69, 9.17) is 5.73 Å². The zero-order valence-corrected chi connectivity index (χ0v) is 19.2. The summed E-state index contributed by atoms with van der Waals surface area (Å²) in [5.74, 6) is -4.45. The highest BCUT2D eigenvalue weighted by Crippen LogP contribution is 2.40. The number of rotatable bonds is 8. The molecule has 19 heteroatoms. The van der Waals surface area contributed by atoms with Crippen LogP contribution in [0.1, 0.15) is 11.5 Å². The molecule has 4 heterocycles. The van der Waals surface area contributed by atoms with E-state index in [1.165, 1.54) is 5.38 Å². The van der Waals surface area contributed by atoms with E-state index in [9.17, 15) is 33.1 Å². The largest absolute Gasteiger partial charge is 0.477 e. The van der Waals surface area contributed by atoms with Gasteiger partial charge >= 0.3 is 5.97 Å². The standard InChI is InChI=1S/C15H15N9O7S3/c16-15-17-6(2-33-15)8(21-29)11(25)18-9-12(26)24-10(14(27)28)5(1-32-13(9)24)3-34(30,31)4-7-19-22-23-20-7/h2,9,13,29H,1,3-4H2,(H2,16,17)(H,18,25)(H,27,28)(H,19,20,22,23)/b21-8-/t9?,13-/m1/s1. The summed E-state index contributed by atoms with van der Waals surface area (Å²) in [7, 11) is -3.87. The number of nitrogens with zero attached hydrogens (tertiary/aromatic N) is 6. The van der Waals surface area contributed by atoms with Crippen molar-refractivity contribution in [2.24, 2.45) is 5.16 Å². The van der Waals surface area contributed by atoms with Crippen LogP contribution in [-0.2, 0) is 30.0 Å². The Balaban J connectivity index is 1.51. The molecule has 2 aromatic heterocycles. The van der Waals surface area contributed by atoms with E-state index in [0.29, 0.717) is 0 Å². The molecule has 1 saturated heterocycles. The average molecular weight is 530 g/mol. The average Bonchev–Trinajstić information content (AvgIpc) is 3.43. The minimum atomic E-state index is -3.87. The summed E-state index contributed by atoms with van der Waals surface area (Å²) in [4.78, 5) is 42.0. The van der Waals surface area contributed by atoms with Crippen molar-refractivity contribution in [2.75, 3.05) is 17.2 Å². The van der Waals surface area contributed by atoms with E-state index in [1.54, 1.807) is 0 Å². The first-order valence-electron chi connectivity index (χ1n) is 9.18. The Morgan fingerprint density at radius 2 is 2.15 bits per heavy atom. The molecule has 16 nitrogen and oxygen atoms in total. The van der Waals surface area contributed by atoms with Gasteiger partial charge in [-0.15, -0.1) is 33.3 Å². The molecule has 0 saturated carbocycles. The number of nitrogen functional groups attached to an aromatic ring is 1. The molecule has 0 bridgehead atoms. The topological polar surface area (TPSA) is 247 Å². The van der Waals surface area contributed by atoms with Crippen molar-refractivity contribution in [1.82, 2.24) is 35.8 Å². The quantitative estimate of drug-likeness (QED) is 0.105. The van der Waals surface area contributed by atoms with Gasteiger partial charge in [-0.25, -0.2) is 18.2 Å². The van der Waals surface area contributed by atoms with Crippen LogP contribution in [-0.4, -0.2) is 95.7 Å². The maximum atomic E-state index is 12.7. The van der Waals surface area contributed by atoms with Crippen LogP contribution in [0.3, 0.4) is 0 Å². The fraction of sp³-hybridized carbons (Fsp3) is 0.333. The van der Waals surface area contributed by atoms with Gasteiger partial charge in [-0.3, -0.25) is 14.5 Å². The number of amides is 2. The molecular weight excluding hydrogens is 514 g/mol. The molecule has 2 aliphatic heterocycles. The summed E-state index contributed by atoms with van der Waals surface area (Å²) in [5.41, 5.74) is 4.61. The first-order chi connectivity index (χ1) is 16.1. The molecule has 2 aromatic rings.